The van der Waals surface area contributed by atoms with Crippen LogP contribution in [0.15, 0.2) is 24.3 Å². The van der Waals surface area contributed by atoms with Crippen molar-refractivity contribution in [1.82, 2.24) is 0 Å². The van der Waals surface area contributed by atoms with Gasteiger partial charge in [-0.1, -0.05) is 29.5 Å². The molecule has 0 heteroatoms. The van der Waals surface area contributed by atoms with E-state index in [0.29, 0.717) is 0 Å². The summed E-state index contributed by atoms with van der Waals surface area (Å²) in [5.74, 6) is 12.1. The maximum absolute atomic E-state index is 3.11. The van der Waals surface area contributed by atoms with Crippen molar-refractivity contribution in [1.29, 1.82) is 0 Å². The lowest BCUT2D eigenvalue weighted by atomic mass is 10.1. The lowest BCUT2D eigenvalue weighted by Gasteiger charge is -1.90. The van der Waals surface area contributed by atoms with Crippen molar-refractivity contribution >= 4 is 0 Å². The largest absolute Gasteiger partial charge is 0.107 e. The molecular weight excluding hydrogens is 168 g/mol. The van der Waals surface area contributed by atoms with E-state index < -0.39 is 0 Å². The molecule has 0 aliphatic rings. The highest BCUT2D eigenvalue weighted by Crippen LogP contribution is 2.01. The van der Waals surface area contributed by atoms with Crippen LogP contribution in [0.2, 0.25) is 0 Å². The molecule has 1 rings (SSSR count). The van der Waals surface area contributed by atoms with Gasteiger partial charge < -0.3 is 0 Å². The van der Waals surface area contributed by atoms with E-state index in [1.54, 1.807) is 0 Å². The van der Waals surface area contributed by atoms with E-state index in [-0.39, 0.29) is 0 Å². The summed E-state index contributed by atoms with van der Waals surface area (Å²) in [4.78, 5) is 0. The maximum Gasteiger partial charge on any atom is 0.0245 e. The molecule has 70 valence electrons. The van der Waals surface area contributed by atoms with Crippen molar-refractivity contribution in [3.05, 3.63) is 35.4 Å². The van der Waals surface area contributed by atoms with E-state index in [1.165, 1.54) is 5.56 Å². The highest BCUT2D eigenvalue weighted by atomic mass is 13.9. The molecule has 0 atom stereocenters. The van der Waals surface area contributed by atoms with Crippen LogP contribution in [-0.2, 0) is 0 Å². The third kappa shape index (κ3) is 3.83. The van der Waals surface area contributed by atoms with Crippen LogP contribution in [0.1, 0.15) is 30.9 Å². The van der Waals surface area contributed by atoms with Gasteiger partial charge in [-0.05, 0) is 26.0 Å². The molecule has 0 aliphatic carbocycles. The summed E-state index contributed by atoms with van der Waals surface area (Å²) in [5.41, 5.74) is 2.35. The molecule has 0 nitrogen and oxygen atoms in total. The average molecular weight is 182 g/mol. The summed E-state index contributed by atoms with van der Waals surface area (Å²) in [6.07, 6.45) is 1.73. The number of hydrogen-bond acceptors (Lipinski definition) is 0. The number of benzene rings is 1. The highest BCUT2D eigenvalue weighted by molar-refractivity contribution is 5.35. The molecule has 0 saturated heterocycles. The molecule has 0 unspecified atom stereocenters. The minimum absolute atomic E-state index is 0.856. The summed E-state index contributed by atoms with van der Waals surface area (Å²) in [5, 5.41) is 0. The van der Waals surface area contributed by atoms with Crippen LogP contribution in [0, 0.1) is 30.6 Å². The van der Waals surface area contributed by atoms with Crippen LogP contribution >= 0.6 is 0 Å². The quantitative estimate of drug-likeness (QED) is 0.462. The Labute approximate surface area is 86.3 Å². The van der Waals surface area contributed by atoms with Crippen LogP contribution in [-0.4, -0.2) is 0 Å². The Balaban J connectivity index is 2.49. The fraction of sp³-hybridized carbons (Fsp3) is 0.286. The van der Waals surface area contributed by atoms with E-state index in [0.717, 1.165) is 18.4 Å². The fourth-order valence-electron chi connectivity index (χ4n) is 1.05. The Morgan fingerprint density at radius 2 is 1.64 bits per heavy atom. The van der Waals surface area contributed by atoms with Gasteiger partial charge in [0, 0.05) is 18.4 Å². The molecule has 0 radical (unpaired) electrons. The van der Waals surface area contributed by atoms with Crippen molar-refractivity contribution in [2.45, 2.75) is 26.7 Å². The standard InChI is InChI=1S/C14H14/c1-3-4-5-6-7-8-14-11-9-13(2)10-12-14/h9-12H,5-6H2,1-2H3. The smallest absolute Gasteiger partial charge is 0.0245 e. The summed E-state index contributed by atoms with van der Waals surface area (Å²) >= 11 is 0. The number of unbranched alkanes of at least 4 members (excludes halogenated alkanes) is 1. The molecule has 0 aliphatic heterocycles. The lowest BCUT2D eigenvalue weighted by Crippen LogP contribution is -1.75. The first-order chi connectivity index (χ1) is 6.83. The summed E-state index contributed by atoms with van der Waals surface area (Å²) in [7, 11) is 0. The predicted molar refractivity (Wildman–Crippen MR) is 60.7 cm³/mol. The Kier molecular flexibility index (Phi) is 4.39. The normalized spacial score (nSPS) is 8.14. The third-order valence-electron chi connectivity index (χ3n) is 1.84. The van der Waals surface area contributed by atoms with Gasteiger partial charge in [0.2, 0.25) is 0 Å². The highest BCUT2D eigenvalue weighted by Gasteiger charge is 1.84. The molecular formula is C14H14. The van der Waals surface area contributed by atoms with Crippen LogP contribution in [0.3, 0.4) is 0 Å². The molecule has 1 aromatic rings. The first-order valence-corrected chi connectivity index (χ1v) is 4.78. The Hall–Kier alpha value is -1.66. The summed E-state index contributed by atoms with van der Waals surface area (Å²) in [6.45, 7) is 3.93. The number of aryl methyl sites for hydroxylation is 1. The topological polar surface area (TPSA) is 0 Å². The SMILES string of the molecule is CC#CCCC#Cc1ccc(C)cc1. The first kappa shape index (κ1) is 10.4. The van der Waals surface area contributed by atoms with Crippen LogP contribution < -0.4 is 0 Å². The second-order valence-corrected chi connectivity index (χ2v) is 3.09. The molecule has 1 aromatic carbocycles. The van der Waals surface area contributed by atoms with Crippen molar-refractivity contribution in [2.75, 3.05) is 0 Å². The Morgan fingerprint density at radius 1 is 1.00 bits per heavy atom. The van der Waals surface area contributed by atoms with Crippen molar-refractivity contribution in [2.24, 2.45) is 0 Å². The van der Waals surface area contributed by atoms with Gasteiger partial charge in [0.05, 0.1) is 0 Å². The summed E-state index contributed by atoms with van der Waals surface area (Å²) < 4.78 is 0. The Morgan fingerprint density at radius 3 is 2.29 bits per heavy atom. The summed E-state index contributed by atoms with van der Waals surface area (Å²) in [6, 6.07) is 8.26. The molecule has 0 saturated carbocycles. The van der Waals surface area contributed by atoms with Gasteiger partial charge in [0.15, 0.2) is 0 Å². The fourth-order valence-corrected chi connectivity index (χ4v) is 1.05. The zero-order valence-electron chi connectivity index (χ0n) is 8.72. The van der Waals surface area contributed by atoms with Gasteiger partial charge in [-0.3, -0.25) is 0 Å². The Bertz CT molecular complexity index is 388. The second-order valence-electron chi connectivity index (χ2n) is 3.09. The molecule has 0 heterocycles. The van der Waals surface area contributed by atoms with Crippen LogP contribution in [0.25, 0.3) is 0 Å². The van der Waals surface area contributed by atoms with Crippen molar-refractivity contribution < 1.29 is 0 Å². The predicted octanol–water partition coefficient (Wildman–Crippen LogP) is 3.15. The van der Waals surface area contributed by atoms with Gasteiger partial charge in [0.1, 0.15) is 0 Å². The number of hydrogen-bond donors (Lipinski definition) is 0. The van der Waals surface area contributed by atoms with Gasteiger partial charge in [0.25, 0.3) is 0 Å². The molecule has 0 bridgehead atoms. The van der Waals surface area contributed by atoms with E-state index in [9.17, 15) is 0 Å². The van der Waals surface area contributed by atoms with Gasteiger partial charge in [-0.15, -0.1) is 11.8 Å². The van der Waals surface area contributed by atoms with E-state index in [1.807, 2.05) is 19.1 Å². The lowest BCUT2D eigenvalue weighted by molar-refractivity contribution is 1.12. The zero-order valence-corrected chi connectivity index (χ0v) is 8.72. The van der Waals surface area contributed by atoms with Gasteiger partial charge >= 0.3 is 0 Å². The monoisotopic (exact) mass is 182 g/mol. The molecule has 0 N–H and O–H groups in total. The third-order valence-corrected chi connectivity index (χ3v) is 1.84. The minimum Gasteiger partial charge on any atom is -0.107 e. The van der Waals surface area contributed by atoms with Crippen LogP contribution in [0.5, 0.6) is 0 Å². The second kappa shape index (κ2) is 5.90. The van der Waals surface area contributed by atoms with E-state index in [2.05, 4.69) is 42.7 Å². The minimum atomic E-state index is 0.856. The van der Waals surface area contributed by atoms with Crippen molar-refractivity contribution in [3.63, 3.8) is 0 Å². The molecule has 0 spiro atoms. The average Bonchev–Trinajstić information content (AvgIpc) is 2.21. The molecule has 0 fully saturated rings. The van der Waals surface area contributed by atoms with Crippen LogP contribution in [0.4, 0.5) is 0 Å². The molecule has 0 aromatic heterocycles. The maximum atomic E-state index is 3.11. The molecule has 0 amide bonds. The van der Waals surface area contributed by atoms with Crippen molar-refractivity contribution in [3.8, 4) is 23.7 Å². The zero-order chi connectivity index (χ0) is 10.2. The van der Waals surface area contributed by atoms with E-state index >= 15 is 0 Å². The van der Waals surface area contributed by atoms with E-state index in [4.69, 9.17) is 0 Å². The van der Waals surface area contributed by atoms with Gasteiger partial charge in [-0.25, -0.2) is 0 Å². The first-order valence-electron chi connectivity index (χ1n) is 4.78. The molecule has 14 heavy (non-hydrogen) atoms. The number of rotatable bonds is 1. The van der Waals surface area contributed by atoms with Gasteiger partial charge in [-0.2, -0.15) is 0 Å².